The first kappa shape index (κ1) is 14.9. The molecular formula is C21H25NS. The summed E-state index contributed by atoms with van der Waals surface area (Å²) in [6.45, 7) is 1.07. The van der Waals surface area contributed by atoms with Crippen molar-refractivity contribution in [3.63, 3.8) is 0 Å². The molecule has 1 aliphatic heterocycles. The Labute approximate surface area is 140 Å². The molecule has 0 N–H and O–H groups in total. The molecule has 1 saturated heterocycles. The fourth-order valence-corrected chi connectivity index (χ4v) is 7.26. The van der Waals surface area contributed by atoms with Crippen molar-refractivity contribution in [2.24, 2.45) is 0 Å². The zero-order valence-electron chi connectivity index (χ0n) is 13.9. The highest BCUT2D eigenvalue weighted by molar-refractivity contribution is 8.33. The van der Waals surface area contributed by atoms with Crippen LogP contribution in [-0.4, -0.2) is 22.3 Å². The van der Waals surface area contributed by atoms with E-state index in [1.165, 1.54) is 40.8 Å². The molecule has 1 aliphatic rings. The molecule has 4 rings (SSSR count). The van der Waals surface area contributed by atoms with E-state index in [-0.39, 0.29) is 0 Å². The van der Waals surface area contributed by atoms with E-state index in [0.29, 0.717) is 0 Å². The molecule has 0 radical (unpaired) electrons. The lowest BCUT2D eigenvalue weighted by molar-refractivity contribution is 0.719. The summed E-state index contributed by atoms with van der Waals surface area (Å²) in [5, 5.41) is 1.50. The first-order chi connectivity index (χ1) is 11.3. The molecule has 2 aromatic carbocycles. The SMILES string of the molecule is CS1(c2cn(CCc3ccccc3)c3ccccc23)CCCC1. The van der Waals surface area contributed by atoms with E-state index < -0.39 is 10.0 Å². The van der Waals surface area contributed by atoms with Crippen LogP contribution in [0, 0.1) is 0 Å². The van der Waals surface area contributed by atoms with Crippen LogP contribution >= 0.6 is 10.0 Å². The maximum atomic E-state index is 2.54. The number of aryl methyl sites for hydroxylation is 2. The van der Waals surface area contributed by atoms with E-state index in [9.17, 15) is 0 Å². The van der Waals surface area contributed by atoms with Gasteiger partial charge in [0, 0.05) is 28.5 Å². The third kappa shape index (κ3) is 2.81. The number of hydrogen-bond acceptors (Lipinski definition) is 0. The summed E-state index contributed by atoms with van der Waals surface area (Å²) < 4.78 is 2.49. The van der Waals surface area contributed by atoms with Crippen LogP contribution in [-0.2, 0) is 13.0 Å². The molecule has 1 fully saturated rings. The molecule has 0 unspecified atom stereocenters. The second kappa shape index (κ2) is 6.09. The quantitative estimate of drug-likeness (QED) is 0.600. The lowest BCUT2D eigenvalue weighted by atomic mass is 10.1. The number of hydrogen-bond donors (Lipinski definition) is 0. The second-order valence-corrected chi connectivity index (χ2v) is 10.6. The number of fused-ring (bicyclic) bond motifs is 1. The Balaban J connectivity index is 1.70. The molecule has 0 atom stereocenters. The van der Waals surface area contributed by atoms with E-state index >= 15 is 0 Å². The van der Waals surface area contributed by atoms with Gasteiger partial charge in [0.2, 0.25) is 0 Å². The van der Waals surface area contributed by atoms with Gasteiger partial charge in [0.15, 0.2) is 0 Å². The van der Waals surface area contributed by atoms with Crippen LogP contribution < -0.4 is 0 Å². The van der Waals surface area contributed by atoms with Gasteiger partial charge in [0.1, 0.15) is 0 Å². The zero-order chi connectivity index (χ0) is 15.7. The van der Waals surface area contributed by atoms with Crippen molar-refractivity contribution in [3.05, 3.63) is 66.4 Å². The standard InChI is InChI=1S/C21H25NS/c1-23(15-7-8-16-23)21-17-22(20-12-6-5-11-19(20)21)14-13-18-9-3-2-4-10-18/h2-6,9-12,17H,7-8,13-16H2,1H3. The topological polar surface area (TPSA) is 4.93 Å². The minimum Gasteiger partial charge on any atom is -0.346 e. The maximum Gasteiger partial charge on any atom is 0.0491 e. The van der Waals surface area contributed by atoms with Crippen molar-refractivity contribution < 1.29 is 0 Å². The summed E-state index contributed by atoms with van der Waals surface area (Å²) in [6.07, 6.45) is 8.95. The van der Waals surface area contributed by atoms with Crippen molar-refractivity contribution in [2.75, 3.05) is 17.8 Å². The van der Waals surface area contributed by atoms with E-state index in [2.05, 4.69) is 71.6 Å². The Bertz CT molecular complexity index is 797. The van der Waals surface area contributed by atoms with Gasteiger partial charge in [-0.2, -0.15) is 0 Å². The highest BCUT2D eigenvalue weighted by Gasteiger charge is 2.28. The third-order valence-corrected chi connectivity index (χ3v) is 8.97. The van der Waals surface area contributed by atoms with E-state index in [0.717, 1.165) is 13.0 Å². The molecule has 2 heterocycles. The lowest BCUT2D eigenvalue weighted by Crippen LogP contribution is -2.01. The molecule has 0 bridgehead atoms. The molecule has 3 aromatic rings. The summed E-state index contributed by atoms with van der Waals surface area (Å²) in [5.41, 5.74) is 2.84. The Hall–Kier alpha value is -1.67. The summed E-state index contributed by atoms with van der Waals surface area (Å²) in [4.78, 5) is 1.65. The predicted molar refractivity (Wildman–Crippen MR) is 103 cm³/mol. The van der Waals surface area contributed by atoms with Gasteiger partial charge in [0.05, 0.1) is 0 Å². The first-order valence-electron chi connectivity index (χ1n) is 8.62. The van der Waals surface area contributed by atoms with Gasteiger partial charge in [0.25, 0.3) is 0 Å². The number of benzene rings is 2. The Morgan fingerprint density at radius 2 is 1.61 bits per heavy atom. The Morgan fingerprint density at radius 1 is 0.913 bits per heavy atom. The van der Waals surface area contributed by atoms with Crippen LogP contribution in [0.4, 0.5) is 0 Å². The van der Waals surface area contributed by atoms with Crippen molar-refractivity contribution in [1.82, 2.24) is 4.57 Å². The monoisotopic (exact) mass is 323 g/mol. The normalized spacial score (nSPS) is 18.3. The number of aromatic nitrogens is 1. The zero-order valence-corrected chi connectivity index (χ0v) is 14.7. The molecule has 1 aromatic heterocycles. The Morgan fingerprint density at radius 3 is 2.39 bits per heavy atom. The Kier molecular flexibility index (Phi) is 3.94. The van der Waals surface area contributed by atoms with Gasteiger partial charge in [-0.25, -0.2) is 10.0 Å². The molecule has 0 amide bonds. The van der Waals surface area contributed by atoms with Gasteiger partial charge in [-0.15, -0.1) is 0 Å². The minimum absolute atomic E-state index is 0.592. The van der Waals surface area contributed by atoms with Gasteiger partial charge < -0.3 is 4.57 Å². The molecule has 120 valence electrons. The van der Waals surface area contributed by atoms with Crippen LogP contribution in [0.2, 0.25) is 0 Å². The molecule has 23 heavy (non-hydrogen) atoms. The van der Waals surface area contributed by atoms with E-state index in [1.807, 2.05) is 0 Å². The number of para-hydroxylation sites is 1. The molecule has 0 saturated carbocycles. The van der Waals surface area contributed by atoms with Crippen LogP contribution in [0.1, 0.15) is 18.4 Å². The molecule has 0 spiro atoms. The average molecular weight is 324 g/mol. The van der Waals surface area contributed by atoms with E-state index in [1.54, 1.807) is 4.90 Å². The molecule has 1 nitrogen and oxygen atoms in total. The van der Waals surface area contributed by atoms with Gasteiger partial charge in [-0.3, -0.25) is 0 Å². The summed E-state index contributed by atoms with van der Waals surface area (Å²) in [7, 11) is -0.592. The van der Waals surface area contributed by atoms with Crippen LogP contribution in [0.3, 0.4) is 0 Å². The van der Waals surface area contributed by atoms with Crippen molar-refractivity contribution in [2.45, 2.75) is 30.7 Å². The third-order valence-electron chi connectivity index (χ3n) is 5.21. The average Bonchev–Trinajstić information content (AvgIpc) is 3.19. The largest absolute Gasteiger partial charge is 0.346 e. The lowest BCUT2D eigenvalue weighted by Gasteiger charge is -2.30. The van der Waals surface area contributed by atoms with Gasteiger partial charge in [-0.05, 0) is 48.7 Å². The fourth-order valence-electron chi connectivity index (χ4n) is 3.85. The molecule has 0 aliphatic carbocycles. The van der Waals surface area contributed by atoms with Crippen LogP contribution in [0.15, 0.2) is 65.7 Å². The minimum atomic E-state index is -0.592. The highest BCUT2D eigenvalue weighted by atomic mass is 32.3. The maximum absolute atomic E-state index is 2.54. The van der Waals surface area contributed by atoms with Crippen molar-refractivity contribution in [3.8, 4) is 0 Å². The summed E-state index contributed by atoms with van der Waals surface area (Å²) in [5.74, 6) is 2.83. The van der Waals surface area contributed by atoms with Crippen LogP contribution in [0.25, 0.3) is 10.9 Å². The molecular weight excluding hydrogens is 298 g/mol. The first-order valence-corrected chi connectivity index (χ1v) is 11.0. The smallest absolute Gasteiger partial charge is 0.0491 e. The summed E-state index contributed by atoms with van der Waals surface area (Å²) in [6, 6.07) is 19.8. The highest BCUT2D eigenvalue weighted by Crippen LogP contribution is 2.59. The predicted octanol–water partition coefficient (Wildman–Crippen LogP) is 5.47. The van der Waals surface area contributed by atoms with E-state index in [4.69, 9.17) is 0 Å². The van der Waals surface area contributed by atoms with Crippen molar-refractivity contribution in [1.29, 1.82) is 0 Å². The van der Waals surface area contributed by atoms with Gasteiger partial charge in [-0.1, -0.05) is 48.5 Å². The van der Waals surface area contributed by atoms with Crippen LogP contribution in [0.5, 0.6) is 0 Å². The van der Waals surface area contributed by atoms with Gasteiger partial charge >= 0.3 is 0 Å². The number of rotatable bonds is 4. The molecule has 2 heteroatoms. The number of nitrogens with zero attached hydrogens (tertiary/aromatic N) is 1. The second-order valence-electron chi connectivity index (χ2n) is 6.83. The fraction of sp³-hybridized carbons (Fsp3) is 0.333. The summed E-state index contributed by atoms with van der Waals surface area (Å²) >= 11 is 0. The van der Waals surface area contributed by atoms with Crippen molar-refractivity contribution >= 4 is 20.9 Å².